The number of hydrogen-bond acceptors (Lipinski definition) is 7. The first-order valence-electron chi connectivity index (χ1n) is 45.4. The first-order valence-corrected chi connectivity index (χ1v) is 45.4. The summed E-state index contributed by atoms with van der Waals surface area (Å²) in [5, 5.41) is 0. The molecule has 10 aliphatic heterocycles. The van der Waals surface area contributed by atoms with E-state index in [1.165, 1.54) is 290 Å². The molecule has 10 saturated heterocycles. The van der Waals surface area contributed by atoms with Crippen molar-refractivity contribution in [1.29, 1.82) is 0 Å². The quantitative estimate of drug-likeness (QED) is 0.238. The van der Waals surface area contributed by atoms with Crippen LogP contribution in [0.25, 0.3) is 0 Å². The SMILES string of the molecule is CC(C)(C)C1C2CCCC1CC2.CC(C)(C)N1C2CCCC1CC2.CC(C)(C)N1CC2CCC1C2.CC(C)(C)N1CC2CCC1CC2.CC(C)(C)N1CC2CCCC(CC2)C1.CC(C)(C)N1CCC2CCC1CC2.CC(C)(C)N1CCC2CCCC1C2.CC(C)(C)N1CC[C@@H]2CCC[C@@H](C2)C1. The second kappa shape index (κ2) is 35.8. The third-order valence-electron chi connectivity index (χ3n) is 30.4. The molecule has 10 unspecified atom stereocenters. The minimum Gasteiger partial charge on any atom is -0.298 e. The highest BCUT2D eigenvalue weighted by Gasteiger charge is 2.47. The molecule has 101 heavy (non-hydrogen) atoms. The van der Waals surface area contributed by atoms with Gasteiger partial charge in [0, 0.05) is 108 Å². The van der Waals surface area contributed by atoms with Gasteiger partial charge >= 0.3 is 0 Å². The lowest BCUT2D eigenvalue weighted by atomic mass is 9.66. The Morgan fingerprint density at radius 1 is 0.198 bits per heavy atom. The highest BCUT2D eigenvalue weighted by atomic mass is 15.3. The third-order valence-corrected chi connectivity index (χ3v) is 30.4. The molecule has 8 saturated carbocycles. The fraction of sp³-hybridized carbons (Fsp3) is 1.00. The summed E-state index contributed by atoms with van der Waals surface area (Å²) >= 11 is 0. The van der Waals surface area contributed by atoms with Gasteiger partial charge in [0.25, 0.3) is 0 Å². The van der Waals surface area contributed by atoms with E-state index >= 15 is 0 Å². The molecule has 0 N–H and O–H groups in total. The van der Waals surface area contributed by atoms with Gasteiger partial charge in [0.1, 0.15) is 0 Å². The van der Waals surface area contributed by atoms with Crippen molar-refractivity contribution in [2.75, 3.05) is 52.4 Å². The van der Waals surface area contributed by atoms with E-state index in [4.69, 9.17) is 0 Å². The molecule has 10 heterocycles. The van der Waals surface area contributed by atoms with Gasteiger partial charge in [0.05, 0.1) is 0 Å². The van der Waals surface area contributed by atoms with Gasteiger partial charge in [-0.25, -0.2) is 0 Å². The van der Waals surface area contributed by atoms with Crippen LogP contribution in [0.3, 0.4) is 0 Å². The molecule has 7 nitrogen and oxygen atoms in total. The van der Waals surface area contributed by atoms with Gasteiger partial charge in [-0.2, -0.15) is 0 Å². The van der Waals surface area contributed by atoms with Gasteiger partial charge in [-0.05, 0) is 415 Å². The Balaban J connectivity index is 0.000000135. The summed E-state index contributed by atoms with van der Waals surface area (Å²) in [5.74, 6) is 11.5. The zero-order chi connectivity index (χ0) is 73.7. The molecular formula is C94H179N7. The Morgan fingerprint density at radius 2 is 0.515 bits per heavy atom. The summed E-state index contributed by atoms with van der Waals surface area (Å²) in [6, 6.07) is 5.49. The van der Waals surface area contributed by atoms with E-state index in [-0.39, 0.29) is 0 Å². The zero-order valence-electron chi connectivity index (χ0n) is 72.8. The minimum absolute atomic E-state index is 0.386. The van der Waals surface area contributed by atoms with Crippen LogP contribution in [0, 0.1) is 70.5 Å². The smallest absolute Gasteiger partial charge is 0.0130 e. The Morgan fingerprint density at radius 3 is 0.941 bits per heavy atom. The van der Waals surface area contributed by atoms with Gasteiger partial charge in [-0.1, -0.05) is 78.6 Å². The van der Waals surface area contributed by atoms with Crippen molar-refractivity contribution in [2.24, 2.45) is 70.5 Å². The van der Waals surface area contributed by atoms with Crippen LogP contribution in [-0.4, -0.2) is 162 Å². The van der Waals surface area contributed by atoms with Crippen LogP contribution < -0.4 is 0 Å². The number of nitrogens with zero attached hydrogens (tertiary/aromatic N) is 7. The molecule has 590 valence electrons. The lowest BCUT2D eigenvalue weighted by molar-refractivity contribution is -0.0163. The Labute approximate surface area is 632 Å². The second-order valence-corrected chi connectivity index (χ2v) is 46.3. The number of rotatable bonds is 0. The van der Waals surface area contributed by atoms with E-state index in [0.29, 0.717) is 44.2 Å². The summed E-state index contributed by atoms with van der Waals surface area (Å²) in [7, 11) is 0. The van der Waals surface area contributed by atoms with Crippen molar-refractivity contribution >= 4 is 0 Å². The molecule has 8 aliphatic carbocycles. The fourth-order valence-corrected chi connectivity index (χ4v) is 25.3. The summed E-state index contributed by atoms with van der Waals surface area (Å²) < 4.78 is 0. The second-order valence-electron chi connectivity index (χ2n) is 46.3. The van der Waals surface area contributed by atoms with Crippen molar-refractivity contribution in [3.8, 4) is 0 Å². The molecule has 0 amide bonds. The van der Waals surface area contributed by atoms with E-state index < -0.39 is 0 Å². The van der Waals surface area contributed by atoms with Crippen molar-refractivity contribution in [3.63, 3.8) is 0 Å². The molecule has 0 aromatic heterocycles. The largest absolute Gasteiger partial charge is 0.298 e. The summed E-state index contributed by atoms with van der Waals surface area (Å²) in [6.07, 6.45) is 55.0. The normalized spacial score (nSPS) is 37.1. The summed E-state index contributed by atoms with van der Waals surface area (Å²) in [6.45, 7) is 67.7. The van der Waals surface area contributed by atoms with E-state index in [1.807, 2.05) is 0 Å². The average molecular weight is 1410 g/mol. The topological polar surface area (TPSA) is 22.7 Å². The minimum atomic E-state index is 0.386. The molecule has 12 atom stereocenters. The number of likely N-dealkylation sites (tertiary alicyclic amines) is 4. The maximum atomic E-state index is 2.77. The van der Waals surface area contributed by atoms with Crippen molar-refractivity contribution < 1.29 is 0 Å². The van der Waals surface area contributed by atoms with Crippen molar-refractivity contribution in [2.45, 2.75) is 479 Å². The fourth-order valence-electron chi connectivity index (χ4n) is 25.3. The van der Waals surface area contributed by atoms with Gasteiger partial charge in [0.15, 0.2) is 0 Å². The Kier molecular flexibility index (Phi) is 30.0. The lowest BCUT2D eigenvalue weighted by Crippen LogP contribution is -2.56. The van der Waals surface area contributed by atoms with Gasteiger partial charge in [-0.3, -0.25) is 34.3 Å². The van der Waals surface area contributed by atoms with Gasteiger partial charge < -0.3 is 0 Å². The molecule has 0 aromatic rings. The third kappa shape index (κ3) is 24.6. The van der Waals surface area contributed by atoms with Crippen LogP contribution in [0.5, 0.6) is 0 Å². The maximum absolute atomic E-state index is 2.77. The molecule has 18 aliphatic rings. The first-order chi connectivity index (χ1) is 47.1. The van der Waals surface area contributed by atoms with Crippen LogP contribution >= 0.6 is 0 Å². The number of hydrogen-bond donors (Lipinski definition) is 0. The molecule has 18 fully saturated rings. The van der Waals surface area contributed by atoms with Crippen molar-refractivity contribution in [1.82, 2.24) is 34.3 Å². The molecular weight excluding hydrogens is 1230 g/mol. The maximum Gasteiger partial charge on any atom is 0.0130 e. The van der Waals surface area contributed by atoms with E-state index in [0.717, 1.165) is 101 Å². The van der Waals surface area contributed by atoms with Crippen LogP contribution in [0.4, 0.5) is 0 Å². The Bertz CT molecular complexity index is 2290. The molecule has 18 rings (SSSR count). The van der Waals surface area contributed by atoms with E-state index in [1.54, 1.807) is 0 Å². The summed E-state index contributed by atoms with van der Waals surface area (Å²) in [4.78, 5) is 19.1. The highest BCUT2D eigenvalue weighted by molar-refractivity contribution is 5.01. The summed E-state index contributed by atoms with van der Waals surface area (Å²) in [5.41, 5.74) is 3.37. The van der Waals surface area contributed by atoms with Gasteiger partial charge in [-0.15, -0.1) is 0 Å². The van der Waals surface area contributed by atoms with Crippen molar-refractivity contribution in [3.05, 3.63) is 0 Å². The standard InChI is InChI=1S/2C13H25N.2C12H23N.C12H22.2C11H21N.C10H19N/c1-13(2,3)14-8-7-11-5-4-6-12(9-11)10-14;1-13(2,3)14-9-11-5-4-6-12(10-14)8-7-11;1-12(2,3)13-9-8-10-4-6-11(13)7-5-10;1-12(2,3)13-8-7-10-5-4-6-11(13)9-10;1-12(2,3)11-9-5-4-6-10(11)8-7-9;1-11(2,3)12-8-9-4-6-10(12)7-5-9;1-11(2,3)12-9-5-4-6-10(12)8-7-9;1-10(2,3)11-7-8-4-5-9(11)6-8/h2*11-12H,4-10H2,1-3H3;2*10-11H,4-9H2,1-3H3;9-11H,4-8H2,1-3H3;2*9-10H,4-8H2,1-3H3;8-9H,4-7H2,1-3H3/t11-,12-;;;;;;;/m0......./s1. The molecule has 0 aromatic carbocycles. The first kappa shape index (κ1) is 84.7. The number of piperidine rings is 5. The predicted octanol–water partition coefficient (Wildman–Crippen LogP) is 24.3. The Hall–Kier alpha value is -0.280. The van der Waals surface area contributed by atoms with E-state index in [2.05, 4.69) is 200 Å². The average Bonchev–Trinajstić information content (AvgIpc) is 1.73. The molecule has 16 bridgehead atoms. The molecule has 7 heteroatoms. The number of fused-ring (bicyclic) bond motifs is 20. The van der Waals surface area contributed by atoms with Crippen LogP contribution in [0.2, 0.25) is 0 Å². The predicted molar refractivity (Wildman–Crippen MR) is 441 cm³/mol. The zero-order valence-corrected chi connectivity index (χ0v) is 72.8. The van der Waals surface area contributed by atoms with E-state index in [9.17, 15) is 0 Å². The molecule has 0 radical (unpaired) electrons. The lowest BCUT2D eigenvalue weighted by Gasteiger charge is -2.51. The van der Waals surface area contributed by atoms with Crippen LogP contribution in [0.15, 0.2) is 0 Å². The monoisotopic (exact) mass is 1410 g/mol. The molecule has 0 spiro atoms. The van der Waals surface area contributed by atoms with Crippen LogP contribution in [-0.2, 0) is 0 Å². The van der Waals surface area contributed by atoms with Crippen LogP contribution in [0.1, 0.15) is 404 Å². The highest BCUT2D eigenvalue weighted by Crippen LogP contribution is 2.54. The van der Waals surface area contributed by atoms with Gasteiger partial charge in [0.2, 0.25) is 0 Å².